The van der Waals surface area contributed by atoms with Crippen LogP contribution < -0.4 is 10.7 Å². The number of aromatic nitrogens is 1. The smallest absolute Gasteiger partial charge is 0.271 e. The van der Waals surface area contributed by atoms with Crippen molar-refractivity contribution in [3.63, 3.8) is 0 Å². The highest BCUT2D eigenvalue weighted by Gasteiger charge is 2.37. The molecule has 1 aliphatic rings. The van der Waals surface area contributed by atoms with Gasteiger partial charge in [-0.15, -0.1) is 0 Å². The number of non-ortho nitro benzene ring substituents is 1. The predicted molar refractivity (Wildman–Crippen MR) is 129 cm³/mol. The molecule has 9 nitrogen and oxygen atoms in total. The Labute approximate surface area is 196 Å². The first-order chi connectivity index (χ1) is 16.3. The number of hydrogen-bond acceptors (Lipinski definition) is 7. The maximum Gasteiger partial charge on any atom is 0.271 e. The van der Waals surface area contributed by atoms with E-state index in [1.807, 2.05) is 54.8 Å². The Morgan fingerprint density at radius 3 is 2.47 bits per heavy atom. The van der Waals surface area contributed by atoms with Gasteiger partial charge in [-0.2, -0.15) is 15.6 Å². The number of nitrogens with two attached hydrogens (primary N) is 1. The van der Waals surface area contributed by atoms with Crippen molar-refractivity contribution in [2.75, 3.05) is 5.01 Å². The second kappa shape index (κ2) is 9.02. The number of allylic oxidation sites excluding steroid dienone is 1. The Hall–Kier alpha value is -4.73. The number of nitrogens with zero attached hydrogens (tertiary/aromatic N) is 6. The fourth-order valence-electron chi connectivity index (χ4n) is 4.11. The Balaban J connectivity index is 1.77. The molecular weight excluding hydrogens is 430 g/mol. The fraction of sp³-hybridized carbons (Fsp3) is 0.160. The Morgan fingerprint density at radius 2 is 1.82 bits per heavy atom. The Bertz CT molecular complexity index is 1410. The molecule has 1 aliphatic heterocycles. The lowest BCUT2D eigenvalue weighted by Crippen LogP contribution is -2.40. The molecule has 2 atom stereocenters. The molecule has 0 bridgehead atoms. The molecular formula is C25H21N7O2. The fourth-order valence-corrected chi connectivity index (χ4v) is 4.11. The van der Waals surface area contributed by atoms with Crippen molar-refractivity contribution in [2.24, 2.45) is 16.8 Å². The highest BCUT2D eigenvalue weighted by molar-refractivity contribution is 6.11. The first-order valence-corrected chi connectivity index (χ1v) is 10.5. The molecule has 2 aromatic carbocycles. The van der Waals surface area contributed by atoms with Gasteiger partial charge in [-0.1, -0.05) is 24.3 Å². The zero-order chi connectivity index (χ0) is 24.4. The van der Waals surface area contributed by atoms with E-state index in [0.29, 0.717) is 11.4 Å². The van der Waals surface area contributed by atoms with Gasteiger partial charge in [-0.05, 0) is 49.8 Å². The number of aryl methyl sites for hydroxylation is 1. The Morgan fingerprint density at radius 1 is 1.12 bits per heavy atom. The number of nitriles is 2. The van der Waals surface area contributed by atoms with Gasteiger partial charge < -0.3 is 10.3 Å². The van der Waals surface area contributed by atoms with Crippen molar-refractivity contribution in [1.29, 1.82) is 10.5 Å². The van der Waals surface area contributed by atoms with E-state index in [2.05, 4.69) is 17.2 Å². The van der Waals surface area contributed by atoms with Crippen molar-refractivity contribution < 1.29 is 4.92 Å². The number of hydrazone groups is 1. The zero-order valence-electron chi connectivity index (χ0n) is 18.6. The summed E-state index contributed by atoms with van der Waals surface area (Å²) in [6.07, 6.45) is 0.956. The summed E-state index contributed by atoms with van der Waals surface area (Å²) in [6.45, 7) is 3.75. The lowest BCUT2D eigenvalue weighted by atomic mass is 9.95. The highest BCUT2D eigenvalue weighted by atomic mass is 16.6. The van der Waals surface area contributed by atoms with Gasteiger partial charge in [-0.3, -0.25) is 10.1 Å². The van der Waals surface area contributed by atoms with Gasteiger partial charge in [0.15, 0.2) is 0 Å². The van der Waals surface area contributed by atoms with Crippen LogP contribution >= 0.6 is 0 Å². The maximum atomic E-state index is 11.2. The molecule has 0 aliphatic carbocycles. The average Bonchev–Trinajstić information content (AvgIpc) is 3.32. The van der Waals surface area contributed by atoms with Gasteiger partial charge in [0.2, 0.25) is 0 Å². The molecule has 0 spiro atoms. The van der Waals surface area contributed by atoms with Gasteiger partial charge in [0.1, 0.15) is 18.2 Å². The first-order valence-electron chi connectivity index (χ1n) is 10.5. The Kier molecular flexibility index (Phi) is 5.96. The number of anilines is 1. The topological polar surface area (TPSA) is 137 Å². The molecule has 0 fully saturated rings. The van der Waals surface area contributed by atoms with E-state index >= 15 is 0 Å². The number of para-hydroxylation sites is 1. The maximum absolute atomic E-state index is 11.2. The van der Waals surface area contributed by atoms with Crippen molar-refractivity contribution >= 4 is 23.2 Å². The van der Waals surface area contributed by atoms with Gasteiger partial charge in [0.25, 0.3) is 5.69 Å². The van der Waals surface area contributed by atoms with E-state index < -0.39 is 17.0 Å². The second-order valence-corrected chi connectivity index (χ2v) is 7.87. The molecule has 1 aromatic heterocycles. The van der Waals surface area contributed by atoms with Crippen LogP contribution in [-0.4, -0.2) is 21.4 Å². The summed E-state index contributed by atoms with van der Waals surface area (Å²) in [5, 5.41) is 37.0. The molecule has 2 N–H and O–H groups in total. The molecule has 0 saturated heterocycles. The largest absolute Gasteiger partial charge is 0.318 e. The molecule has 0 radical (unpaired) electrons. The van der Waals surface area contributed by atoms with Crippen LogP contribution in [0, 0.1) is 52.5 Å². The van der Waals surface area contributed by atoms with Crippen molar-refractivity contribution in [3.05, 3.63) is 93.3 Å². The number of nitro benzene ring substituents is 1. The van der Waals surface area contributed by atoms with Gasteiger partial charge in [0.05, 0.1) is 33.7 Å². The van der Waals surface area contributed by atoms with Crippen LogP contribution in [-0.2, 0) is 0 Å². The van der Waals surface area contributed by atoms with Gasteiger partial charge >= 0.3 is 0 Å². The molecule has 0 saturated carbocycles. The molecule has 0 unspecified atom stereocenters. The lowest BCUT2D eigenvalue weighted by molar-refractivity contribution is -0.384. The molecule has 0 amide bonds. The highest BCUT2D eigenvalue weighted by Crippen LogP contribution is 2.30. The van der Waals surface area contributed by atoms with Crippen molar-refractivity contribution in [1.82, 2.24) is 4.57 Å². The minimum absolute atomic E-state index is 0.00744. The SMILES string of the molecule is Cc1cc(/C=C(/C#N)C2=NN(c3ccccc3)[C@@H](N)[C@@H]2C#N)c(C)n1-c1cccc([N+](=O)[O-])c1. The molecule has 4 rings (SSSR count). The molecule has 9 heteroatoms. The molecule has 34 heavy (non-hydrogen) atoms. The standard InChI is InChI=1S/C25H21N7O2/c1-16-11-18(17(2)30(16)21-9-6-10-22(13-21)32(33)34)12-19(14-26)24-23(15-27)25(28)31(29-24)20-7-4-3-5-8-20/h3-13,23,25H,28H2,1-2H3/b19-12-/t23-,25-/m1/s1. The summed E-state index contributed by atoms with van der Waals surface area (Å²) >= 11 is 0. The normalized spacial score (nSPS) is 17.7. The quantitative estimate of drug-likeness (QED) is 0.350. The third-order valence-corrected chi connectivity index (χ3v) is 5.76. The number of benzene rings is 2. The van der Waals surface area contributed by atoms with Crippen LogP contribution in [0.4, 0.5) is 11.4 Å². The van der Waals surface area contributed by atoms with E-state index in [0.717, 1.165) is 22.6 Å². The zero-order valence-corrected chi connectivity index (χ0v) is 18.6. The van der Waals surface area contributed by atoms with Crippen molar-refractivity contribution in [3.8, 4) is 17.8 Å². The van der Waals surface area contributed by atoms with Crippen LogP contribution in [0.5, 0.6) is 0 Å². The van der Waals surface area contributed by atoms with Crippen LogP contribution in [0.1, 0.15) is 17.0 Å². The van der Waals surface area contributed by atoms with Gasteiger partial charge in [0, 0.05) is 23.5 Å². The van der Waals surface area contributed by atoms with Crippen LogP contribution in [0.25, 0.3) is 11.8 Å². The van der Waals surface area contributed by atoms with E-state index in [9.17, 15) is 20.6 Å². The summed E-state index contributed by atoms with van der Waals surface area (Å²) in [6, 6.07) is 21.8. The average molecular weight is 451 g/mol. The lowest BCUT2D eigenvalue weighted by Gasteiger charge is -2.21. The summed E-state index contributed by atoms with van der Waals surface area (Å²) in [5.41, 5.74) is 10.6. The number of rotatable bonds is 5. The molecule has 3 aromatic rings. The summed E-state index contributed by atoms with van der Waals surface area (Å²) in [4.78, 5) is 10.8. The third-order valence-electron chi connectivity index (χ3n) is 5.76. The predicted octanol–water partition coefficient (Wildman–Crippen LogP) is 4.21. The minimum Gasteiger partial charge on any atom is -0.318 e. The van der Waals surface area contributed by atoms with Crippen LogP contribution in [0.15, 0.2) is 71.3 Å². The molecule has 168 valence electrons. The van der Waals surface area contributed by atoms with E-state index in [4.69, 9.17) is 5.73 Å². The summed E-state index contributed by atoms with van der Waals surface area (Å²) < 4.78 is 1.88. The summed E-state index contributed by atoms with van der Waals surface area (Å²) in [7, 11) is 0. The van der Waals surface area contributed by atoms with Gasteiger partial charge in [-0.25, -0.2) is 5.01 Å². The van der Waals surface area contributed by atoms with Crippen LogP contribution in [0.2, 0.25) is 0 Å². The first kappa shape index (κ1) is 22.5. The molecule has 2 heterocycles. The monoisotopic (exact) mass is 451 g/mol. The second-order valence-electron chi connectivity index (χ2n) is 7.87. The van der Waals surface area contributed by atoms with E-state index in [1.54, 1.807) is 23.2 Å². The number of nitro groups is 1. The third kappa shape index (κ3) is 3.92. The minimum atomic E-state index is -0.786. The number of hydrogen-bond donors (Lipinski definition) is 1. The summed E-state index contributed by atoms with van der Waals surface area (Å²) in [5.74, 6) is -0.786. The van der Waals surface area contributed by atoms with E-state index in [1.165, 1.54) is 12.1 Å². The van der Waals surface area contributed by atoms with Crippen molar-refractivity contribution in [2.45, 2.75) is 20.0 Å². The van der Waals surface area contributed by atoms with E-state index in [-0.39, 0.29) is 11.3 Å². The van der Waals surface area contributed by atoms with Crippen LogP contribution in [0.3, 0.4) is 0 Å².